The van der Waals surface area contributed by atoms with E-state index in [0.29, 0.717) is 10.6 Å². The van der Waals surface area contributed by atoms with Gasteiger partial charge in [0.25, 0.3) is 0 Å². The number of aldehydes is 1. The molecule has 144 valence electrons. The van der Waals surface area contributed by atoms with Crippen LogP contribution in [0.15, 0.2) is 40.6 Å². The molecule has 1 fully saturated rings. The first-order valence-corrected chi connectivity index (χ1v) is 11.5. The van der Waals surface area contributed by atoms with Crippen LogP contribution in [-0.2, 0) is 14.8 Å². The number of sulfonamides is 1. The number of carbonyl (C=O) groups excluding carboxylic acids is 1. The molecule has 0 radical (unpaired) electrons. The van der Waals surface area contributed by atoms with Crippen LogP contribution in [0.25, 0.3) is 11.1 Å². The van der Waals surface area contributed by atoms with Crippen LogP contribution in [0.2, 0.25) is 0 Å². The van der Waals surface area contributed by atoms with Gasteiger partial charge in [0.05, 0.1) is 9.77 Å². The Hall–Kier alpha value is -1.68. The van der Waals surface area contributed by atoms with Gasteiger partial charge in [0.2, 0.25) is 10.0 Å². The first-order chi connectivity index (χ1) is 12.7. The van der Waals surface area contributed by atoms with Crippen molar-refractivity contribution in [1.82, 2.24) is 4.31 Å². The van der Waals surface area contributed by atoms with Gasteiger partial charge in [-0.2, -0.15) is 16.1 Å². The van der Waals surface area contributed by atoms with Crippen molar-refractivity contribution in [2.45, 2.75) is 29.5 Å². The van der Waals surface area contributed by atoms with E-state index >= 15 is 0 Å². The SMILES string of the molecule is CC1(C)SCCN(S(=O)(=O)c2ccc(-c3ccsc3C=O)cc2)C1C(=O)O. The minimum Gasteiger partial charge on any atom is -0.480 e. The zero-order chi connectivity index (χ0) is 19.8. The lowest BCUT2D eigenvalue weighted by Gasteiger charge is -2.42. The Balaban J connectivity index is 1.97. The van der Waals surface area contributed by atoms with Gasteiger partial charge in [0.15, 0.2) is 6.29 Å². The van der Waals surface area contributed by atoms with E-state index in [1.165, 1.54) is 35.2 Å². The Morgan fingerprint density at radius 1 is 1.26 bits per heavy atom. The van der Waals surface area contributed by atoms with Crippen molar-refractivity contribution in [2.24, 2.45) is 0 Å². The third-order valence-corrected chi connectivity index (χ3v) is 8.62. The first kappa shape index (κ1) is 20.1. The molecule has 27 heavy (non-hydrogen) atoms. The Labute approximate surface area is 166 Å². The van der Waals surface area contributed by atoms with E-state index in [9.17, 15) is 23.1 Å². The second kappa shape index (κ2) is 7.38. The fraction of sp³-hybridized carbons (Fsp3) is 0.333. The van der Waals surface area contributed by atoms with E-state index in [1.807, 2.05) is 6.07 Å². The van der Waals surface area contributed by atoms with E-state index < -0.39 is 26.8 Å². The number of carboxylic acid groups (broad SMARTS) is 1. The van der Waals surface area contributed by atoms with E-state index in [2.05, 4.69) is 0 Å². The molecule has 3 rings (SSSR count). The number of hydrogen-bond donors (Lipinski definition) is 1. The highest BCUT2D eigenvalue weighted by atomic mass is 32.2. The first-order valence-electron chi connectivity index (χ1n) is 8.20. The quantitative estimate of drug-likeness (QED) is 0.740. The Kier molecular flexibility index (Phi) is 5.49. The predicted octanol–water partition coefficient (Wildman–Crippen LogP) is 3.20. The highest BCUT2D eigenvalue weighted by molar-refractivity contribution is 8.00. The van der Waals surface area contributed by atoms with Gasteiger partial charge in [0.1, 0.15) is 6.04 Å². The predicted molar refractivity (Wildman–Crippen MR) is 107 cm³/mol. The normalized spacial score (nSPS) is 20.3. The maximum atomic E-state index is 13.1. The molecular weight excluding hydrogens is 406 g/mol. The standard InChI is InChI=1S/C18H19NO5S3/c1-18(2)16(17(21)22)19(8-10-26-18)27(23,24)13-5-3-12(4-6-13)14-7-9-25-15(14)11-20/h3-7,9,11,16H,8,10H2,1-2H3,(H,21,22). The van der Waals surface area contributed by atoms with Crippen LogP contribution < -0.4 is 0 Å². The summed E-state index contributed by atoms with van der Waals surface area (Å²) in [7, 11) is -3.96. The number of rotatable bonds is 5. The van der Waals surface area contributed by atoms with Crippen LogP contribution in [0.1, 0.15) is 23.5 Å². The van der Waals surface area contributed by atoms with Gasteiger partial charge >= 0.3 is 5.97 Å². The molecule has 1 aromatic carbocycles. The summed E-state index contributed by atoms with van der Waals surface area (Å²) >= 11 is 2.78. The summed E-state index contributed by atoms with van der Waals surface area (Å²) in [4.78, 5) is 23.5. The van der Waals surface area contributed by atoms with Crippen LogP contribution in [0, 0.1) is 0 Å². The average Bonchev–Trinajstić information content (AvgIpc) is 3.09. The van der Waals surface area contributed by atoms with Crippen molar-refractivity contribution in [2.75, 3.05) is 12.3 Å². The van der Waals surface area contributed by atoms with Crippen molar-refractivity contribution < 1.29 is 23.1 Å². The van der Waals surface area contributed by atoms with Crippen molar-refractivity contribution in [3.8, 4) is 11.1 Å². The van der Waals surface area contributed by atoms with Crippen LogP contribution >= 0.6 is 23.1 Å². The van der Waals surface area contributed by atoms with E-state index in [1.54, 1.807) is 31.4 Å². The maximum absolute atomic E-state index is 13.1. The van der Waals surface area contributed by atoms with E-state index in [4.69, 9.17) is 0 Å². The van der Waals surface area contributed by atoms with E-state index in [-0.39, 0.29) is 11.4 Å². The summed E-state index contributed by atoms with van der Waals surface area (Å²) in [5.74, 6) is -0.618. The second-order valence-electron chi connectivity index (χ2n) is 6.65. The molecule has 9 heteroatoms. The van der Waals surface area contributed by atoms with Gasteiger partial charge in [-0.15, -0.1) is 11.3 Å². The lowest BCUT2D eigenvalue weighted by Crippen LogP contribution is -2.58. The molecule has 1 unspecified atom stereocenters. The summed E-state index contributed by atoms with van der Waals surface area (Å²) in [5.41, 5.74) is 1.49. The average molecular weight is 426 g/mol. The van der Waals surface area contributed by atoms with Crippen LogP contribution in [0.3, 0.4) is 0 Å². The van der Waals surface area contributed by atoms with Gasteiger partial charge in [-0.3, -0.25) is 9.59 Å². The number of hydrogen-bond acceptors (Lipinski definition) is 6. The molecule has 6 nitrogen and oxygen atoms in total. The lowest BCUT2D eigenvalue weighted by atomic mass is 10.0. The fourth-order valence-electron chi connectivity index (χ4n) is 3.23. The Morgan fingerprint density at radius 2 is 1.93 bits per heavy atom. The van der Waals surface area contributed by atoms with Crippen LogP contribution in [0.5, 0.6) is 0 Å². The molecule has 0 bridgehead atoms. The van der Waals surface area contributed by atoms with E-state index in [0.717, 1.165) is 21.7 Å². The smallest absolute Gasteiger partial charge is 0.323 e. The number of aliphatic carboxylic acids is 1. The number of nitrogens with zero attached hydrogens (tertiary/aromatic N) is 1. The lowest BCUT2D eigenvalue weighted by molar-refractivity contribution is -0.142. The molecule has 1 aliphatic heterocycles. The molecule has 2 heterocycles. The van der Waals surface area contributed by atoms with Crippen molar-refractivity contribution in [3.63, 3.8) is 0 Å². The molecule has 0 spiro atoms. The molecule has 0 amide bonds. The molecule has 1 aromatic heterocycles. The molecule has 1 N–H and O–H groups in total. The number of carbonyl (C=O) groups is 2. The number of thiophene rings is 1. The summed E-state index contributed by atoms with van der Waals surface area (Å²) < 4.78 is 26.6. The fourth-order valence-corrected chi connectivity index (χ4v) is 7.04. The monoisotopic (exact) mass is 425 g/mol. The highest BCUT2D eigenvalue weighted by Gasteiger charge is 2.48. The summed E-state index contributed by atoms with van der Waals surface area (Å²) in [6.07, 6.45) is 0.773. The molecule has 0 aliphatic carbocycles. The molecule has 0 saturated carbocycles. The zero-order valence-electron chi connectivity index (χ0n) is 14.8. The molecule has 2 aromatic rings. The minimum absolute atomic E-state index is 0.0445. The molecule has 1 saturated heterocycles. The largest absolute Gasteiger partial charge is 0.480 e. The van der Waals surface area contributed by atoms with Gasteiger partial charge in [-0.1, -0.05) is 12.1 Å². The third-order valence-electron chi connectivity index (χ3n) is 4.54. The Bertz CT molecular complexity index is 963. The number of carboxylic acids is 1. The van der Waals surface area contributed by atoms with Crippen LogP contribution in [0.4, 0.5) is 0 Å². The van der Waals surface area contributed by atoms with Crippen LogP contribution in [-0.4, -0.2) is 53.2 Å². The number of benzene rings is 1. The highest BCUT2D eigenvalue weighted by Crippen LogP contribution is 2.38. The minimum atomic E-state index is -3.96. The van der Waals surface area contributed by atoms with Crippen molar-refractivity contribution in [3.05, 3.63) is 40.6 Å². The van der Waals surface area contributed by atoms with Crippen molar-refractivity contribution in [1.29, 1.82) is 0 Å². The maximum Gasteiger partial charge on any atom is 0.323 e. The Morgan fingerprint density at radius 3 is 2.52 bits per heavy atom. The topological polar surface area (TPSA) is 91.8 Å². The second-order valence-corrected chi connectivity index (χ2v) is 11.2. The summed E-state index contributed by atoms with van der Waals surface area (Å²) in [6, 6.07) is 6.88. The van der Waals surface area contributed by atoms with Gasteiger partial charge < -0.3 is 5.11 Å². The van der Waals surface area contributed by atoms with Crippen molar-refractivity contribution >= 4 is 45.4 Å². The number of thioether (sulfide) groups is 1. The van der Waals surface area contributed by atoms with Gasteiger partial charge in [0, 0.05) is 22.6 Å². The third kappa shape index (κ3) is 3.69. The van der Waals surface area contributed by atoms with Gasteiger partial charge in [-0.25, -0.2) is 8.42 Å². The summed E-state index contributed by atoms with van der Waals surface area (Å²) in [6.45, 7) is 3.65. The zero-order valence-corrected chi connectivity index (χ0v) is 17.2. The molecule has 1 aliphatic rings. The molecular formula is C18H19NO5S3. The summed E-state index contributed by atoms with van der Waals surface area (Å²) in [5, 5.41) is 11.4. The van der Waals surface area contributed by atoms with Gasteiger partial charge in [-0.05, 0) is 43.0 Å². The molecule has 1 atom stereocenters.